The summed E-state index contributed by atoms with van der Waals surface area (Å²) in [5.41, 5.74) is 0.00172. The van der Waals surface area contributed by atoms with Crippen LogP contribution in [-0.4, -0.2) is 12.7 Å². The van der Waals surface area contributed by atoms with Gasteiger partial charge in [-0.15, -0.1) is 12.4 Å². The summed E-state index contributed by atoms with van der Waals surface area (Å²) in [5, 5.41) is 2.04. The van der Waals surface area contributed by atoms with Crippen LogP contribution in [0.2, 0.25) is 5.02 Å². The summed E-state index contributed by atoms with van der Waals surface area (Å²) in [6.07, 6.45) is -4.08. The molecule has 1 aliphatic rings. The number of rotatable bonds is 3. The molecule has 0 atom stereocenters. The van der Waals surface area contributed by atoms with Gasteiger partial charge in [0.1, 0.15) is 10.8 Å². The Hall–Kier alpha value is -0.750. The zero-order valence-electron chi connectivity index (χ0n) is 10.1. The Labute approximate surface area is 123 Å². The van der Waals surface area contributed by atoms with E-state index < -0.39 is 28.8 Å². The highest BCUT2D eigenvalue weighted by Crippen LogP contribution is 2.44. The average molecular weight is 336 g/mol. The van der Waals surface area contributed by atoms with Gasteiger partial charge < -0.3 is 5.32 Å². The first-order valence-electron chi connectivity index (χ1n) is 5.73. The molecular weight excluding hydrogens is 324 g/mol. The third-order valence-corrected chi connectivity index (χ3v) is 3.66. The maximum absolute atomic E-state index is 13.5. The van der Waals surface area contributed by atoms with Gasteiger partial charge in [-0.3, -0.25) is 0 Å². The zero-order valence-corrected chi connectivity index (χ0v) is 11.7. The van der Waals surface area contributed by atoms with Crippen molar-refractivity contribution in [3.05, 3.63) is 28.8 Å². The molecule has 0 aliphatic heterocycles. The molecule has 0 unspecified atom stereocenters. The fourth-order valence-electron chi connectivity index (χ4n) is 2.09. The molecule has 1 N–H and O–H groups in total. The first kappa shape index (κ1) is 17.3. The summed E-state index contributed by atoms with van der Waals surface area (Å²) < 4.78 is 63.2. The van der Waals surface area contributed by atoms with Gasteiger partial charge in [0.25, 0.3) is 0 Å². The fraction of sp³-hybridized carbons (Fsp3) is 0.500. The van der Waals surface area contributed by atoms with Gasteiger partial charge >= 0.3 is 6.18 Å². The van der Waals surface area contributed by atoms with E-state index in [1.165, 1.54) is 6.07 Å². The SMILES string of the molecule is Cl.Fc1ccc(NCC2CC(C(F)(F)F)C2)c(F)c1Cl. The lowest BCUT2D eigenvalue weighted by Gasteiger charge is -2.36. The first-order valence-corrected chi connectivity index (χ1v) is 6.11. The van der Waals surface area contributed by atoms with Gasteiger partial charge in [-0.1, -0.05) is 11.6 Å². The summed E-state index contributed by atoms with van der Waals surface area (Å²) in [6, 6.07) is 2.18. The molecule has 114 valence electrons. The Morgan fingerprint density at radius 1 is 1.20 bits per heavy atom. The summed E-state index contributed by atoms with van der Waals surface area (Å²) in [7, 11) is 0. The van der Waals surface area contributed by atoms with E-state index in [0.717, 1.165) is 6.07 Å². The number of hydrogen-bond donors (Lipinski definition) is 1. The molecule has 1 aromatic carbocycles. The molecule has 2 rings (SSSR count). The minimum Gasteiger partial charge on any atom is -0.382 e. The number of nitrogens with one attached hydrogen (secondary N) is 1. The molecule has 0 saturated heterocycles. The van der Waals surface area contributed by atoms with Gasteiger partial charge in [-0.2, -0.15) is 13.2 Å². The normalized spacial score (nSPS) is 21.9. The summed E-state index contributed by atoms with van der Waals surface area (Å²) >= 11 is 5.39. The second-order valence-electron chi connectivity index (χ2n) is 4.68. The van der Waals surface area contributed by atoms with E-state index in [4.69, 9.17) is 11.6 Å². The molecule has 0 radical (unpaired) electrons. The largest absolute Gasteiger partial charge is 0.391 e. The molecule has 1 saturated carbocycles. The minimum atomic E-state index is -4.15. The Morgan fingerprint density at radius 2 is 1.80 bits per heavy atom. The van der Waals surface area contributed by atoms with Crippen molar-refractivity contribution in [1.29, 1.82) is 0 Å². The molecule has 0 spiro atoms. The minimum absolute atomic E-state index is 0. The van der Waals surface area contributed by atoms with Crippen LogP contribution in [0.4, 0.5) is 27.6 Å². The lowest BCUT2D eigenvalue weighted by molar-refractivity contribution is -0.203. The van der Waals surface area contributed by atoms with Crippen molar-refractivity contribution < 1.29 is 22.0 Å². The maximum Gasteiger partial charge on any atom is 0.391 e. The van der Waals surface area contributed by atoms with Crippen LogP contribution in [0.3, 0.4) is 0 Å². The summed E-state index contributed by atoms with van der Waals surface area (Å²) in [5.74, 6) is -3.21. The van der Waals surface area contributed by atoms with E-state index in [0.29, 0.717) is 0 Å². The first-order chi connectivity index (χ1) is 8.79. The standard InChI is InChI=1S/C12H11ClF5N.ClH/c13-10-8(14)1-2-9(11(10)15)19-5-6-3-7(4-6)12(16,17)18;/h1-2,6-7,19H,3-5H2;1H. The smallest absolute Gasteiger partial charge is 0.382 e. The highest BCUT2D eigenvalue weighted by atomic mass is 35.5. The molecule has 0 bridgehead atoms. The lowest BCUT2D eigenvalue weighted by Crippen LogP contribution is -2.38. The van der Waals surface area contributed by atoms with Crippen molar-refractivity contribution in [3.63, 3.8) is 0 Å². The van der Waals surface area contributed by atoms with Gasteiger partial charge in [0.05, 0.1) is 11.6 Å². The second kappa shape index (κ2) is 6.35. The molecule has 1 nitrogen and oxygen atoms in total. The van der Waals surface area contributed by atoms with Gasteiger partial charge in [0.15, 0.2) is 5.82 Å². The van der Waals surface area contributed by atoms with E-state index in [1.54, 1.807) is 0 Å². The molecule has 0 heterocycles. The van der Waals surface area contributed by atoms with Crippen molar-refractivity contribution in [2.45, 2.75) is 19.0 Å². The third kappa shape index (κ3) is 3.67. The van der Waals surface area contributed by atoms with Crippen LogP contribution in [-0.2, 0) is 0 Å². The van der Waals surface area contributed by atoms with Crippen molar-refractivity contribution >= 4 is 29.7 Å². The van der Waals surface area contributed by atoms with Crippen LogP contribution in [0.25, 0.3) is 0 Å². The van der Waals surface area contributed by atoms with Gasteiger partial charge in [-0.25, -0.2) is 8.78 Å². The van der Waals surface area contributed by atoms with Crippen LogP contribution < -0.4 is 5.32 Å². The molecule has 1 aliphatic carbocycles. The zero-order chi connectivity index (χ0) is 14.2. The van der Waals surface area contributed by atoms with Gasteiger partial charge in [0, 0.05) is 6.54 Å². The maximum atomic E-state index is 13.5. The van der Waals surface area contributed by atoms with Crippen LogP contribution in [0, 0.1) is 23.5 Å². The van der Waals surface area contributed by atoms with Crippen LogP contribution in [0.15, 0.2) is 12.1 Å². The summed E-state index contributed by atoms with van der Waals surface area (Å²) in [6.45, 7) is 0.214. The predicted octanol–water partition coefficient (Wildman–Crippen LogP) is 5.04. The number of anilines is 1. The van der Waals surface area contributed by atoms with Crippen LogP contribution in [0.1, 0.15) is 12.8 Å². The Kier molecular flexibility index (Phi) is 5.49. The van der Waals surface area contributed by atoms with Crippen molar-refractivity contribution in [1.82, 2.24) is 0 Å². The van der Waals surface area contributed by atoms with Crippen molar-refractivity contribution in [2.24, 2.45) is 11.8 Å². The topological polar surface area (TPSA) is 12.0 Å². The fourth-order valence-corrected chi connectivity index (χ4v) is 2.25. The predicted molar refractivity (Wildman–Crippen MR) is 69.4 cm³/mol. The highest BCUT2D eigenvalue weighted by molar-refractivity contribution is 6.31. The molecule has 1 aromatic rings. The van der Waals surface area contributed by atoms with Gasteiger partial charge in [0.2, 0.25) is 0 Å². The number of halogens is 7. The second-order valence-corrected chi connectivity index (χ2v) is 5.06. The molecule has 0 amide bonds. The molecule has 1 fully saturated rings. The lowest BCUT2D eigenvalue weighted by atomic mass is 9.74. The molecular formula is C12H12Cl2F5N. The Bertz CT molecular complexity index is 472. The molecule has 20 heavy (non-hydrogen) atoms. The van der Waals surface area contributed by atoms with E-state index in [1.807, 2.05) is 0 Å². The average Bonchev–Trinajstić information content (AvgIpc) is 2.25. The van der Waals surface area contributed by atoms with Crippen LogP contribution >= 0.6 is 24.0 Å². The molecule has 8 heteroatoms. The van der Waals surface area contributed by atoms with Crippen molar-refractivity contribution in [3.8, 4) is 0 Å². The molecule has 0 aromatic heterocycles. The van der Waals surface area contributed by atoms with E-state index >= 15 is 0 Å². The van der Waals surface area contributed by atoms with Crippen LogP contribution in [0.5, 0.6) is 0 Å². The highest BCUT2D eigenvalue weighted by Gasteiger charge is 2.47. The summed E-state index contributed by atoms with van der Waals surface area (Å²) in [4.78, 5) is 0. The third-order valence-electron chi connectivity index (χ3n) is 3.31. The van der Waals surface area contributed by atoms with Crippen molar-refractivity contribution in [2.75, 3.05) is 11.9 Å². The Balaban J connectivity index is 0.00000200. The van der Waals surface area contributed by atoms with E-state index in [2.05, 4.69) is 5.32 Å². The number of hydrogen-bond acceptors (Lipinski definition) is 1. The number of benzene rings is 1. The number of alkyl halides is 3. The quantitative estimate of drug-likeness (QED) is 0.602. The monoisotopic (exact) mass is 335 g/mol. The van der Waals surface area contributed by atoms with Gasteiger partial charge in [-0.05, 0) is 30.9 Å². The van der Waals surface area contributed by atoms with E-state index in [9.17, 15) is 22.0 Å². The van der Waals surface area contributed by atoms with E-state index in [-0.39, 0.29) is 43.4 Å². The Morgan fingerprint density at radius 3 is 2.35 bits per heavy atom.